The Balaban J connectivity index is 3.32. The van der Waals surface area contributed by atoms with E-state index in [-0.39, 0.29) is 11.7 Å². The number of rotatable bonds is 2. The zero-order chi connectivity index (χ0) is 10.0. The molecule has 1 aromatic rings. The zero-order valence-corrected chi connectivity index (χ0v) is 9.13. The number of benzene rings is 1. The maximum atomic E-state index is 10.5. The van der Waals surface area contributed by atoms with Crippen LogP contribution in [0.2, 0.25) is 0 Å². The molecule has 2 nitrogen and oxygen atoms in total. The van der Waals surface area contributed by atoms with Gasteiger partial charge in [-0.3, -0.25) is 4.79 Å². The number of carbonyl (C=O) groups excluding carboxylic acids is 1. The van der Waals surface area contributed by atoms with Crippen molar-refractivity contribution < 1.29 is 9.90 Å². The molecule has 0 saturated carbocycles. The highest BCUT2D eigenvalue weighted by atomic mass is 79.9. The summed E-state index contributed by atoms with van der Waals surface area (Å²) < 4.78 is 0.570. The van der Waals surface area contributed by atoms with E-state index in [0.29, 0.717) is 10.0 Å². The van der Waals surface area contributed by atoms with Crippen LogP contribution in [0.25, 0.3) is 0 Å². The quantitative estimate of drug-likeness (QED) is 0.810. The maximum Gasteiger partial charge on any atom is 0.150 e. The Morgan fingerprint density at radius 1 is 1.46 bits per heavy atom. The third-order valence-electron chi connectivity index (χ3n) is 1.87. The molecule has 1 N–H and O–H groups in total. The molecule has 1 aromatic carbocycles. The summed E-state index contributed by atoms with van der Waals surface area (Å²) in [6.07, 6.45) is 0.774. The SMILES string of the molecule is CC(C)c1cc(C=O)cc(Br)c1O. The Morgan fingerprint density at radius 3 is 2.54 bits per heavy atom. The van der Waals surface area contributed by atoms with E-state index in [1.807, 2.05) is 13.8 Å². The van der Waals surface area contributed by atoms with Gasteiger partial charge in [-0.1, -0.05) is 13.8 Å². The molecule has 0 radical (unpaired) electrons. The fourth-order valence-electron chi connectivity index (χ4n) is 1.15. The molecule has 0 spiro atoms. The first-order valence-corrected chi connectivity index (χ1v) is 4.83. The Labute approximate surface area is 85.7 Å². The number of phenols is 1. The largest absolute Gasteiger partial charge is 0.506 e. The van der Waals surface area contributed by atoms with E-state index >= 15 is 0 Å². The van der Waals surface area contributed by atoms with E-state index in [1.54, 1.807) is 12.1 Å². The summed E-state index contributed by atoms with van der Waals surface area (Å²) in [7, 11) is 0. The lowest BCUT2D eigenvalue weighted by Crippen LogP contribution is -1.92. The Hall–Kier alpha value is -0.830. The molecule has 0 heterocycles. The van der Waals surface area contributed by atoms with Crippen molar-refractivity contribution >= 4 is 22.2 Å². The predicted octanol–water partition coefficient (Wildman–Crippen LogP) is 3.09. The number of aldehydes is 1. The van der Waals surface area contributed by atoms with Crippen molar-refractivity contribution in [2.45, 2.75) is 19.8 Å². The molecule has 0 bridgehead atoms. The minimum absolute atomic E-state index is 0.205. The molecule has 1 rings (SSSR count). The molecule has 0 aliphatic carbocycles. The van der Waals surface area contributed by atoms with E-state index in [1.165, 1.54) is 0 Å². The van der Waals surface area contributed by atoms with Crippen LogP contribution >= 0.6 is 15.9 Å². The average molecular weight is 243 g/mol. The van der Waals surface area contributed by atoms with Crippen LogP contribution in [0.15, 0.2) is 16.6 Å². The van der Waals surface area contributed by atoms with E-state index in [9.17, 15) is 9.90 Å². The molecular weight excluding hydrogens is 232 g/mol. The van der Waals surface area contributed by atoms with Crippen LogP contribution in [-0.2, 0) is 0 Å². The second kappa shape index (κ2) is 3.92. The highest BCUT2D eigenvalue weighted by molar-refractivity contribution is 9.10. The van der Waals surface area contributed by atoms with Crippen LogP contribution < -0.4 is 0 Å². The second-order valence-corrected chi connectivity index (χ2v) is 4.07. The molecule has 3 heteroatoms. The van der Waals surface area contributed by atoms with Crippen molar-refractivity contribution in [3.05, 3.63) is 27.7 Å². The van der Waals surface area contributed by atoms with Crippen molar-refractivity contribution in [1.82, 2.24) is 0 Å². The van der Waals surface area contributed by atoms with Crippen LogP contribution in [0, 0.1) is 0 Å². The standard InChI is InChI=1S/C10H11BrO2/c1-6(2)8-3-7(5-12)4-9(11)10(8)13/h3-6,13H,1-2H3. The highest BCUT2D eigenvalue weighted by Gasteiger charge is 2.10. The first-order chi connectivity index (χ1) is 6.06. The van der Waals surface area contributed by atoms with Gasteiger partial charge in [-0.2, -0.15) is 0 Å². The van der Waals surface area contributed by atoms with Crippen molar-refractivity contribution in [2.75, 3.05) is 0 Å². The third kappa shape index (κ3) is 2.10. The lowest BCUT2D eigenvalue weighted by Gasteiger charge is -2.10. The molecule has 0 unspecified atom stereocenters. The molecule has 0 atom stereocenters. The van der Waals surface area contributed by atoms with Gasteiger partial charge in [0.2, 0.25) is 0 Å². The second-order valence-electron chi connectivity index (χ2n) is 3.21. The monoisotopic (exact) mass is 242 g/mol. The predicted molar refractivity (Wildman–Crippen MR) is 55.3 cm³/mol. The van der Waals surface area contributed by atoms with Gasteiger partial charge in [-0.25, -0.2) is 0 Å². The molecule has 70 valence electrons. The highest BCUT2D eigenvalue weighted by Crippen LogP contribution is 2.33. The number of phenolic OH excluding ortho intramolecular Hbond substituents is 1. The topological polar surface area (TPSA) is 37.3 Å². The van der Waals surface area contributed by atoms with Gasteiger partial charge in [-0.15, -0.1) is 0 Å². The number of halogens is 1. The smallest absolute Gasteiger partial charge is 0.150 e. The number of hydrogen-bond donors (Lipinski definition) is 1. The van der Waals surface area contributed by atoms with Crippen LogP contribution in [0.4, 0.5) is 0 Å². The minimum atomic E-state index is 0.205. The summed E-state index contributed by atoms with van der Waals surface area (Å²) in [5.74, 6) is 0.428. The number of hydrogen-bond acceptors (Lipinski definition) is 2. The molecule has 0 saturated heterocycles. The molecule has 0 amide bonds. The molecule has 13 heavy (non-hydrogen) atoms. The number of aromatic hydroxyl groups is 1. The lowest BCUT2D eigenvalue weighted by atomic mass is 10.00. The molecule has 0 fully saturated rings. The molecular formula is C10H11BrO2. The summed E-state index contributed by atoms with van der Waals surface area (Å²) >= 11 is 3.20. The van der Waals surface area contributed by atoms with Crippen molar-refractivity contribution in [2.24, 2.45) is 0 Å². The summed E-state index contributed by atoms with van der Waals surface area (Å²) in [6.45, 7) is 3.94. The summed E-state index contributed by atoms with van der Waals surface area (Å²) in [5.41, 5.74) is 1.37. The van der Waals surface area contributed by atoms with Crippen molar-refractivity contribution in [1.29, 1.82) is 0 Å². The molecule has 0 aromatic heterocycles. The fourth-order valence-corrected chi connectivity index (χ4v) is 1.64. The van der Waals surface area contributed by atoms with Crippen molar-refractivity contribution in [3.63, 3.8) is 0 Å². The Bertz CT molecular complexity index is 332. The fraction of sp³-hybridized carbons (Fsp3) is 0.300. The summed E-state index contributed by atoms with van der Waals surface area (Å²) in [4.78, 5) is 10.5. The van der Waals surface area contributed by atoms with Crippen LogP contribution in [0.1, 0.15) is 35.7 Å². The zero-order valence-electron chi connectivity index (χ0n) is 7.54. The number of carbonyl (C=O) groups is 1. The van der Waals surface area contributed by atoms with Gasteiger partial charge in [0, 0.05) is 5.56 Å². The van der Waals surface area contributed by atoms with Crippen LogP contribution in [0.5, 0.6) is 5.75 Å². The summed E-state index contributed by atoms with van der Waals surface area (Å²) in [6, 6.07) is 3.31. The van der Waals surface area contributed by atoms with Gasteiger partial charge >= 0.3 is 0 Å². The Morgan fingerprint density at radius 2 is 2.08 bits per heavy atom. The normalized spacial score (nSPS) is 10.5. The third-order valence-corrected chi connectivity index (χ3v) is 2.48. The Kier molecular flexibility index (Phi) is 3.09. The van der Waals surface area contributed by atoms with Crippen molar-refractivity contribution in [3.8, 4) is 5.75 Å². The van der Waals surface area contributed by atoms with Gasteiger partial charge in [0.1, 0.15) is 12.0 Å². The molecule has 0 aliphatic rings. The molecule has 0 aliphatic heterocycles. The van der Waals surface area contributed by atoms with Gasteiger partial charge in [0.15, 0.2) is 0 Å². The van der Waals surface area contributed by atoms with E-state index < -0.39 is 0 Å². The van der Waals surface area contributed by atoms with E-state index in [0.717, 1.165) is 11.8 Å². The first-order valence-electron chi connectivity index (χ1n) is 4.04. The van der Waals surface area contributed by atoms with Gasteiger partial charge < -0.3 is 5.11 Å². The van der Waals surface area contributed by atoms with Gasteiger partial charge in [0.05, 0.1) is 4.47 Å². The van der Waals surface area contributed by atoms with Gasteiger partial charge in [-0.05, 0) is 39.5 Å². The first kappa shape index (κ1) is 10.3. The van der Waals surface area contributed by atoms with E-state index in [2.05, 4.69) is 15.9 Å². The summed E-state index contributed by atoms with van der Waals surface area (Å²) in [5, 5.41) is 9.63. The maximum absolute atomic E-state index is 10.5. The minimum Gasteiger partial charge on any atom is -0.506 e. The van der Waals surface area contributed by atoms with Gasteiger partial charge in [0.25, 0.3) is 0 Å². The lowest BCUT2D eigenvalue weighted by molar-refractivity contribution is 0.112. The van der Waals surface area contributed by atoms with E-state index in [4.69, 9.17) is 0 Å². The van der Waals surface area contributed by atoms with Crippen LogP contribution in [-0.4, -0.2) is 11.4 Å². The average Bonchev–Trinajstić information content (AvgIpc) is 2.09. The van der Waals surface area contributed by atoms with Crippen LogP contribution in [0.3, 0.4) is 0 Å².